The van der Waals surface area contributed by atoms with Crippen LogP contribution >= 0.6 is 0 Å². The zero-order valence-electron chi connectivity index (χ0n) is 12.8. The fourth-order valence-electron chi connectivity index (χ4n) is 3.80. The summed E-state index contributed by atoms with van der Waals surface area (Å²) in [5, 5.41) is 10.2. The third kappa shape index (κ3) is 4.18. The van der Waals surface area contributed by atoms with E-state index >= 15 is 0 Å². The molecule has 1 atom stereocenters. The van der Waals surface area contributed by atoms with Crippen molar-refractivity contribution in [2.45, 2.75) is 83.0 Å². The molecule has 2 aliphatic rings. The van der Waals surface area contributed by atoms with Gasteiger partial charge >= 0.3 is 0 Å². The summed E-state index contributed by atoms with van der Waals surface area (Å²) in [6.07, 6.45) is 5.32. The van der Waals surface area contributed by atoms with Crippen molar-refractivity contribution >= 4 is 5.91 Å². The van der Waals surface area contributed by atoms with E-state index in [9.17, 15) is 4.79 Å². The largest absolute Gasteiger partial charge is 0.352 e. The molecule has 110 valence electrons. The first kappa shape index (κ1) is 14.8. The molecule has 2 heterocycles. The van der Waals surface area contributed by atoms with Gasteiger partial charge in [-0.2, -0.15) is 0 Å². The Hall–Kier alpha value is -0.610. The summed E-state index contributed by atoms with van der Waals surface area (Å²) in [7, 11) is 0. The van der Waals surface area contributed by atoms with Gasteiger partial charge in [-0.3, -0.25) is 4.79 Å². The fraction of sp³-hybridized carbons (Fsp3) is 0.933. The highest BCUT2D eigenvalue weighted by molar-refractivity contribution is 5.82. The van der Waals surface area contributed by atoms with Crippen molar-refractivity contribution in [2.75, 3.05) is 6.54 Å². The molecule has 1 amide bonds. The number of hydrogen-bond donors (Lipinski definition) is 3. The summed E-state index contributed by atoms with van der Waals surface area (Å²) in [6.45, 7) is 9.83. The summed E-state index contributed by atoms with van der Waals surface area (Å²) in [4.78, 5) is 12.3. The van der Waals surface area contributed by atoms with Gasteiger partial charge in [-0.1, -0.05) is 6.42 Å². The minimum absolute atomic E-state index is 0.0230. The summed E-state index contributed by atoms with van der Waals surface area (Å²) < 4.78 is 0. The lowest BCUT2D eigenvalue weighted by atomic mass is 9.79. The number of nitrogens with one attached hydrogen (secondary N) is 3. The van der Waals surface area contributed by atoms with E-state index in [4.69, 9.17) is 0 Å². The molecule has 19 heavy (non-hydrogen) atoms. The Morgan fingerprint density at radius 1 is 1.11 bits per heavy atom. The van der Waals surface area contributed by atoms with Crippen LogP contribution in [0.2, 0.25) is 0 Å². The van der Waals surface area contributed by atoms with Crippen molar-refractivity contribution in [3.05, 3.63) is 0 Å². The van der Waals surface area contributed by atoms with Crippen molar-refractivity contribution in [2.24, 2.45) is 0 Å². The third-order valence-corrected chi connectivity index (χ3v) is 4.16. The number of piperidine rings is 2. The maximum absolute atomic E-state index is 12.3. The molecule has 0 aromatic heterocycles. The van der Waals surface area contributed by atoms with Gasteiger partial charge in [-0.15, -0.1) is 0 Å². The molecule has 4 heteroatoms. The quantitative estimate of drug-likeness (QED) is 0.711. The summed E-state index contributed by atoms with van der Waals surface area (Å²) in [6, 6.07) is 0.303. The van der Waals surface area contributed by atoms with Crippen LogP contribution in [0.15, 0.2) is 0 Å². The Kier molecular flexibility index (Phi) is 4.21. The van der Waals surface area contributed by atoms with E-state index in [1.807, 2.05) is 0 Å². The monoisotopic (exact) mass is 267 g/mol. The van der Waals surface area contributed by atoms with Crippen LogP contribution in [0.3, 0.4) is 0 Å². The average molecular weight is 267 g/mol. The Bertz CT molecular complexity index is 316. The minimum atomic E-state index is 0.0230. The molecule has 2 fully saturated rings. The third-order valence-electron chi connectivity index (χ3n) is 4.16. The second-order valence-corrected chi connectivity index (χ2v) is 7.51. The van der Waals surface area contributed by atoms with Gasteiger partial charge in [0.15, 0.2) is 0 Å². The maximum atomic E-state index is 12.3. The van der Waals surface area contributed by atoms with Crippen molar-refractivity contribution < 1.29 is 4.79 Å². The van der Waals surface area contributed by atoms with Crippen molar-refractivity contribution in [1.82, 2.24) is 16.0 Å². The van der Waals surface area contributed by atoms with Crippen LogP contribution in [-0.4, -0.2) is 35.6 Å². The molecule has 0 bridgehead atoms. The summed E-state index contributed by atoms with van der Waals surface area (Å²) in [5.41, 5.74) is 0.166. The molecule has 2 rings (SSSR count). The predicted octanol–water partition coefficient (Wildman–Crippen LogP) is 1.55. The zero-order chi connectivity index (χ0) is 14.1. The highest BCUT2D eigenvalue weighted by atomic mass is 16.2. The van der Waals surface area contributed by atoms with E-state index in [1.54, 1.807) is 0 Å². The Labute approximate surface area is 117 Å². The van der Waals surface area contributed by atoms with Crippen LogP contribution in [0.25, 0.3) is 0 Å². The summed E-state index contributed by atoms with van der Waals surface area (Å²) in [5.74, 6) is 0.193. The lowest BCUT2D eigenvalue weighted by Gasteiger charge is -2.47. The van der Waals surface area contributed by atoms with Gasteiger partial charge in [0.25, 0.3) is 0 Å². The smallest absolute Gasteiger partial charge is 0.237 e. The van der Waals surface area contributed by atoms with Crippen molar-refractivity contribution in [1.29, 1.82) is 0 Å². The Morgan fingerprint density at radius 2 is 1.74 bits per heavy atom. The standard InChI is InChI=1S/C15H29N3O/c1-14(2)9-11(10-15(3,4)18-14)17-13(19)12-7-5-6-8-16-12/h11-12,16,18H,5-10H2,1-4H3,(H,17,19)/t12-/m1/s1. The molecule has 3 N–H and O–H groups in total. The van der Waals surface area contributed by atoms with Crippen LogP contribution in [0.4, 0.5) is 0 Å². The Morgan fingerprint density at radius 3 is 2.26 bits per heavy atom. The molecule has 2 saturated heterocycles. The molecule has 0 aromatic carbocycles. The van der Waals surface area contributed by atoms with Crippen molar-refractivity contribution in [3.8, 4) is 0 Å². The lowest BCUT2D eigenvalue weighted by Crippen LogP contribution is -2.63. The topological polar surface area (TPSA) is 53.2 Å². The van der Waals surface area contributed by atoms with Gasteiger partial charge < -0.3 is 16.0 Å². The second-order valence-electron chi connectivity index (χ2n) is 7.51. The Balaban J connectivity index is 1.92. The molecule has 0 unspecified atom stereocenters. The molecular formula is C15H29N3O. The van der Waals surface area contributed by atoms with Gasteiger partial charge in [0.05, 0.1) is 6.04 Å². The van der Waals surface area contributed by atoms with Gasteiger partial charge in [0.1, 0.15) is 0 Å². The van der Waals surface area contributed by atoms with Gasteiger partial charge in [-0.25, -0.2) is 0 Å². The van der Waals surface area contributed by atoms with Crippen LogP contribution in [-0.2, 0) is 4.79 Å². The second kappa shape index (κ2) is 5.41. The fourth-order valence-corrected chi connectivity index (χ4v) is 3.80. The van der Waals surface area contributed by atoms with Gasteiger partial charge in [0, 0.05) is 17.1 Å². The highest BCUT2D eigenvalue weighted by Crippen LogP contribution is 2.28. The molecule has 4 nitrogen and oxygen atoms in total. The zero-order valence-corrected chi connectivity index (χ0v) is 12.8. The van der Waals surface area contributed by atoms with E-state index in [0.717, 1.165) is 32.2 Å². The van der Waals surface area contributed by atoms with Crippen molar-refractivity contribution in [3.63, 3.8) is 0 Å². The molecule has 0 aromatic rings. The first-order chi connectivity index (χ1) is 8.77. The van der Waals surface area contributed by atoms with E-state index in [1.165, 1.54) is 6.42 Å². The minimum Gasteiger partial charge on any atom is -0.352 e. The van der Waals surface area contributed by atoms with Gasteiger partial charge in [0.2, 0.25) is 5.91 Å². The van der Waals surface area contributed by atoms with E-state index in [-0.39, 0.29) is 29.1 Å². The van der Waals surface area contributed by atoms with Crippen LogP contribution in [0, 0.1) is 0 Å². The van der Waals surface area contributed by atoms with E-state index in [0.29, 0.717) is 0 Å². The molecular weight excluding hydrogens is 238 g/mol. The van der Waals surface area contributed by atoms with Gasteiger partial charge in [-0.05, 0) is 59.9 Å². The molecule has 0 radical (unpaired) electrons. The number of hydrogen-bond acceptors (Lipinski definition) is 3. The number of carbonyl (C=O) groups is 1. The highest BCUT2D eigenvalue weighted by Gasteiger charge is 2.38. The lowest BCUT2D eigenvalue weighted by molar-refractivity contribution is -0.124. The molecule has 0 saturated carbocycles. The SMILES string of the molecule is CC1(C)CC(NC(=O)[C@H]2CCCCN2)CC(C)(C)N1. The van der Waals surface area contributed by atoms with Crippen LogP contribution in [0.5, 0.6) is 0 Å². The first-order valence-electron chi connectivity index (χ1n) is 7.61. The number of carbonyl (C=O) groups excluding carboxylic acids is 1. The van der Waals surface area contributed by atoms with E-state index < -0.39 is 0 Å². The number of amides is 1. The van der Waals surface area contributed by atoms with E-state index in [2.05, 4.69) is 43.6 Å². The van der Waals surface area contributed by atoms with Crippen LogP contribution < -0.4 is 16.0 Å². The molecule has 0 aliphatic carbocycles. The summed E-state index contributed by atoms with van der Waals surface area (Å²) >= 11 is 0. The molecule has 2 aliphatic heterocycles. The molecule has 0 spiro atoms. The predicted molar refractivity (Wildman–Crippen MR) is 78.1 cm³/mol. The van der Waals surface area contributed by atoms with Crippen LogP contribution in [0.1, 0.15) is 59.8 Å². The normalized spacial score (nSPS) is 30.8. The first-order valence-corrected chi connectivity index (χ1v) is 7.61. The maximum Gasteiger partial charge on any atom is 0.237 e. The average Bonchev–Trinajstić information content (AvgIpc) is 2.25. The number of rotatable bonds is 2.